The van der Waals surface area contributed by atoms with E-state index in [2.05, 4.69) is 21.5 Å². The van der Waals surface area contributed by atoms with Gasteiger partial charge in [0.2, 0.25) is 6.23 Å². The Kier molecular flexibility index (Phi) is 2.22. The lowest BCUT2D eigenvalue weighted by atomic mass is 10.2. The summed E-state index contributed by atoms with van der Waals surface area (Å²) in [6, 6.07) is 0. The second-order valence-electron chi connectivity index (χ2n) is 3.99. The minimum absolute atomic E-state index is 0.108. The predicted molar refractivity (Wildman–Crippen MR) is 61.0 cm³/mol. The topological polar surface area (TPSA) is 119 Å². The van der Waals surface area contributed by atoms with Crippen molar-refractivity contribution in [2.75, 3.05) is 5.73 Å². The molecule has 0 bridgehead atoms. The lowest BCUT2D eigenvalue weighted by molar-refractivity contribution is -0.0118. The van der Waals surface area contributed by atoms with Crippen LogP contribution in [0.25, 0.3) is 11.2 Å². The molecule has 0 aromatic carbocycles. The average Bonchev–Trinajstić information content (AvgIpc) is 2.88. The second kappa shape index (κ2) is 3.65. The van der Waals surface area contributed by atoms with Gasteiger partial charge in [-0.2, -0.15) is 0 Å². The molecular formula is C10H11N5O3. The van der Waals surface area contributed by atoms with Crippen LogP contribution in [0.5, 0.6) is 0 Å². The van der Waals surface area contributed by atoms with Crippen LogP contribution in [0.3, 0.4) is 0 Å². The van der Waals surface area contributed by atoms with E-state index in [9.17, 15) is 10.2 Å². The summed E-state index contributed by atoms with van der Waals surface area (Å²) >= 11 is 0. The molecule has 0 saturated carbocycles. The van der Waals surface area contributed by atoms with Gasteiger partial charge in [0.15, 0.2) is 11.5 Å². The number of rotatable bonds is 1. The number of hydrogen-bond donors (Lipinski definition) is 3. The first kappa shape index (κ1) is 10.9. The smallest absolute Gasteiger partial charge is 0.207 e. The number of anilines is 1. The Balaban J connectivity index is 2.11. The highest BCUT2D eigenvalue weighted by molar-refractivity contribution is 5.81. The maximum Gasteiger partial charge on any atom is 0.207 e. The van der Waals surface area contributed by atoms with Crippen molar-refractivity contribution in [3.63, 3.8) is 0 Å². The molecule has 0 amide bonds. The molecule has 0 unspecified atom stereocenters. The Bertz CT molecular complexity index is 625. The fraction of sp³-hybridized carbons (Fsp3) is 0.300. The molecule has 3 atom stereocenters. The molecule has 8 nitrogen and oxygen atoms in total. The quantitative estimate of drug-likeness (QED) is 0.603. The van der Waals surface area contributed by atoms with E-state index >= 15 is 0 Å². The fourth-order valence-electron chi connectivity index (χ4n) is 1.92. The van der Waals surface area contributed by atoms with Gasteiger partial charge >= 0.3 is 0 Å². The Morgan fingerprint density at radius 3 is 2.78 bits per heavy atom. The molecule has 1 saturated heterocycles. The minimum Gasteiger partial charge on any atom is -0.469 e. The van der Waals surface area contributed by atoms with Crippen LogP contribution in [0, 0.1) is 0 Å². The molecule has 8 heteroatoms. The van der Waals surface area contributed by atoms with E-state index in [0.29, 0.717) is 11.2 Å². The SMILES string of the molecule is C=C1O[C@@H](n2cnc3c(N)ncnc32)[C@H](O)[C@H]1O. The molecule has 0 radical (unpaired) electrons. The monoisotopic (exact) mass is 249 g/mol. The van der Waals surface area contributed by atoms with E-state index in [-0.39, 0.29) is 11.6 Å². The first-order valence-electron chi connectivity index (χ1n) is 5.24. The fourth-order valence-corrected chi connectivity index (χ4v) is 1.92. The van der Waals surface area contributed by atoms with E-state index in [0.717, 1.165) is 0 Å². The van der Waals surface area contributed by atoms with Gasteiger partial charge in [0.1, 0.15) is 36.1 Å². The van der Waals surface area contributed by atoms with Gasteiger partial charge in [-0.05, 0) is 0 Å². The summed E-state index contributed by atoms with van der Waals surface area (Å²) in [5, 5.41) is 19.5. The molecule has 1 aliphatic heterocycles. The van der Waals surface area contributed by atoms with Crippen molar-refractivity contribution in [1.82, 2.24) is 19.5 Å². The number of hydrogen-bond acceptors (Lipinski definition) is 7. The normalized spacial score (nSPS) is 27.7. The molecule has 2 aromatic rings. The van der Waals surface area contributed by atoms with E-state index < -0.39 is 18.4 Å². The van der Waals surface area contributed by atoms with Crippen molar-refractivity contribution in [2.45, 2.75) is 18.4 Å². The van der Waals surface area contributed by atoms with Gasteiger partial charge in [-0.25, -0.2) is 15.0 Å². The molecule has 94 valence electrons. The zero-order chi connectivity index (χ0) is 12.9. The van der Waals surface area contributed by atoms with Gasteiger partial charge in [0.25, 0.3) is 0 Å². The van der Waals surface area contributed by atoms with Gasteiger partial charge in [0.05, 0.1) is 0 Å². The van der Waals surface area contributed by atoms with Crippen LogP contribution in [-0.2, 0) is 4.74 Å². The van der Waals surface area contributed by atoms with Crippen molar-refractivity contribution >= 4 is 17.0 Å². The summed E-state index contributed by atoms with van der Waals surface area (Å²) in [6.07, 6.45) is -0.373. The number of nitrogens with two attached hydrogens (primary N) is 1. The third-order valence-corrected chi connectivity index (χ3v) is 2.88. The zero-order valence-corrected chi connectivity index (χ0v) is 9.26. The summed E-state index contributed by atoms with van der Waals surface area (Å²) < 4.78 is 6.79. The number of nitrogen functional groups attached to an aromatic ring is 1. The van der Waals surface area contributed by atoms with Gasteiger partial charge in [-0.3, -0.25) is 4.57 Å². The van der Waals surface area contributed by atoms with Crippen molar-refractivity contribution in [3.8, 4) is 0 Å². The lowest BCUT2D eigenvalue weighted by Crippen LogP contribution is -2.27. The summed E-state index contributed by atoms with van der Waals surface area (Å²) in [7, 11) is 0. The highest BCUT2D eigenvalue weighted by Gasteiger charge is 2.40. The van der Waals surface area contributed by atoms with E-state index in [1.807, 2.05) is 0 Å². The highest BCUT2D eigenvalue weighted by atomic mass is 16.5. The third-order valence-electron chi connectivity index (χ3n) is 2.88. The Labute approximate surface area is 101 Å². The molecule has 2 aromatic heterocycles. The van der Waals surface area contributed by atoms with Crippen molar-refractivity contribution in [2.24, 2.45) is 0 Å². The Morgan fingerprint density at radius 1 is 1.33 bits per heavy atom. The molecule has 4 N–H and O–H groups in total. The summed E-state index contributed by atoms with van der Waals surface area (Å²) in [5.74, 6) is 0.349. The van der Waals surface area contributed by atoms with Crippen molar-refractivity contribution in [3.05, 3.63) is 25.0 Å². The van der Waals surface area contributed by atoms with E-state index in [4.69, 9.17) is 10.5 Å². The molecule has 0 spiro atoms. The van der Waals surface area contributed by atoms with Crippen molar-refractivity contribution < 1.29 is 14.9 Å². The van der Waals surface area contributed by atoms with E-state index in [1.54, 1.807) is 0 Å². The first-order valence-corrected chi connectivity index (χ1v) is 5.24. The van der Waals surface area contributed by atoms with Crippen LogP contribution < -0.4 is 5.73 Å². The molecule has 3 heterocycles. The van der Waals surface area contributed by atoms with Crippen LogP contribution in [-0.4, -0.2) is 41.9 Å². The molecule has 18 heavy (non-hydrogen) atoms. The number of ether oxygens (including phenoxy) is 1. The molecule has 1 fully saturated rings. The summed E-state index contributed by atoms with van der Waals surface area (Å²) in [4.78, 5) is 11.9. The first-order chi connectivity index (χ1) is 8.59. The van der Waals surface area contributed by atoms with Crippen LogP contribution in [0.1, 0.15) is 6.23 Å². The number of aliphatic hydroxyl groups is 2. The number of aromatic nitrogens is 4. The van der Waals surface area contributed by atoms with Crippen LogP contribution in [0.4, 0.5) is 5.82 Å². The molecular weight excluding hydrogens is 238 g/mol. The van der Waals surface area contributed by atoms with Gasteiger partial charge in [0, 0.05) is 0 Å². The molecule has 3 rings (SSSR count). The van der Waals surface area contributed by atoms with Crippen LogP contribution in [0.2, 0.25) is 0 Å². The van der Waals surface area contributed by atoms with Gasteiger partial charge in [-0.15, -0.1) is 0 Å². The largest absolute Gasteiger partial charge is 0.469 e. The van der Waals surface area contributed by atoms with Gasteiger partial charge in [-0.1, -0.05) is 6.58 Å². The van der Waals surface area contributed by atoms with Crippen LogP contribution in [0.15, 0.2) is 25.0 Å². The number of nitrogens with zero attached hydrogens (tertiary/aromatic N) is 4. The number of fused-ring (bicyclic) bond motifs is 1. The summed E-state index contributed by atoms with van der Waals surface area (Å²) in [5.41, 5.74) is 6.50. The second-order valence-corrected chi connectivity index (χ2v) is 3.99. The highest BCUT2D eigenvalue weighted by Crippen LogP contribution is 2.32. The third kappa shape index (κ3) is 1.36. The average molecular weight is 249 g/mol. The Morgan fingerprint density at radius 2 is 2.11 bits per heavy atom. The number of imidazole rings is 1. The number of aliphatic hydroxyl groups excluding tert-OH is 2. The minimum atomic E-state index is -1.13. The van der Waals surface area contributed by atoms with Gasteiger partial charge < -0.3 is 20.7 Å². The Hall–Kier alpha value is -2.19. The van der Waals surface area contributed by atoms with Crippen LogP contribution >= 0.6 is 0 Å². The molecule has 1 aliphatic rings. The van der Waals surface area contributed by atoms with Crippen molar-refractivity contribution in [1.29, 1.82) is 0 Å². The lowest BCUT2D eigenvalue weighted by Gasteiger charge is -2.15. The maximum atomic E-state index is 9.87. The predicted octanol–water partition coefficient (Wildman–Crippen LogP) is -0.827. The molecule has 0 aliphatic carbocycles. The maximum absolute atomic E-state index is 9.87. The zero-order valence-electron chi connectivity index (χ0n) is 9.26. The standard InChI is InChI=1S/C10H11N5O3/c1-4-6(16)7(17)10(18-4)15-3-14-5-8(11)12-2-13-9(5)15/h2-3,6-7,10,16-17H,1H2,(H2,11,12,13)/t6-,7+,10+/m0/s1. The van der Waals surface area contributed by atoms with E-state index in [1.165, 1.54) is 17.2 Å². The summed E-state index contributed by atoms with van der Waals surface area (Å²) in [6.45, 7) is 3.52.